The summed E-state index contributed by atoms with van der Waals surface area (Å²) in [6, 6.07) is 19.4. The van der Waals surface area contributed by atoms with Crippen LogP contribution in [0.2, 0.25) is 0 Å². The van der Waals surface area contributed by atoms with Gasteiger partial charge in [-0.05, 0) is 62.7 Å². The van der Waals surface area contributed by atoms with Crippen LogP contribution in [0.15, 0.2) is 54.6 Å². The highest BCUT2D eigenvalue weighted by atomic mass is 19.3. The summed E-state index contributed by atoms with van der Waals surface area (Å²) in [5.41, 5.74) is 1.16. The highest BCUT2D eigenvalue weighted by Gasteiger charge is 2.13. The third-order valence-corrected chi connectivity index (χ3v) is 5.17. The van der Waals surface area contributed by atoms with Crippen LogP contribution in [0, 0.1) is 0 Å². The zero-order valence-electron chi connectivity index (χ0n) is 16.3. The molecule has 28 heavy (non-hydrogen) atoms. The Balaban J connectivity index is 1.53. The van der Waals surface area contributed by atoms with Gasteiger partial charge in [0, 0.05) is 6.61 Å². The smallest absolute Gasteiger partial charge is 0.114 e. The molecular formula is C24H25FO3. The van der Waals surface area contributed by atoms with E-state index in [0.29, 0.717) is 19.6 Å². The Morgan fingerprint density at radius 1 is 0.857 bits per heavy atom. The average Bonchev–Trinajstić information content (AvgIpc) is 2.69. The summed E-state index contributed by atoms with van der Waals surface area (Å²) in [6.07, 6.45) is 0.317. The van der Waals surface area contributed by atoms with E-state index >= 15 is 0 Å². The van der Waals surface area contributed by atoms with Gasteiger partial charge in [0.05, 0.1) is 18.8 Å². The van der Waals surface area contributed by atoms with E-state index in [2.05, 4.69) is 59.5 Å². The maximum atomic E-state index is 12.2. The van der Waals surface area contributed by atoms with Crippen molar-refractivity contribution in [1.29, 1.82) is 0 Å². The first-order chi connectivity index (χ1) is 13.7. The molecule has 0 N–H and O–H groups in total. The molecule has 0 aliphatic rings. The van der Waals surface area contributed by atoms with E-state index in [-0.39, 0.29) is 18.8 Å². The molecule has 0 heterocycles. The molecule has 4 aromatic rings. The summed E-state index contributed by atoms with van der Waals surface area (Å²) in [5, 5.41) is 7.59. The van der Waals surface area contributed by atoms with Crippen molar-refractivity contribution in [2.75, 3.05) is 13.2 Å². The molecule has 1 unspecified atom stereocenters. The van der Waals surface area contributed by atoms with Gasteiger partial charge in [0.25, 0.3) is 0 Å². The standard InChI is InChI=1S/C24H25FO3/c1-16(2)28-21(15-27-25)12-13-26-14-20-9-8-19-7-6-17-4-3-5-18-10-11-22(20)24(19)23(17)18/h3-11,16,21H,12-15H2,1-2H3. The molecule has 146 valence electrons. The van der Waals surface area contributed by atoms with Crippen molar-refractivity contribution in [3.05, 3.63) is 60.2 Å². The molecule has 1 atom stereocenters. The summed E-state index contributed by atoms with van der Waals surface area (Å²) in [7, 11) is 0. The van der Waals surface area contributed by atoms with Crippen molar-refractivity contribution >= 4 is 32.3 Å². The molecule has 0 aliphatic heterocycles. The average molecular weight is 380 g/mol. The predicted molar refractivity (Wildman–Crippen MR) is 111 cm³/mol. The lowest BCUT2D eigenvalue weighted by Gasteiger charge is -2.19. The Labute approximate surface area is 164 Å². The molecule has 4 aromatic carbocycles. The first-order valence-corrected chi connectivity index (χ1v) is 9.79. The molecule has 0 fully saturated rings. The molecule has 0 amide bonds. The van der Waals surface area contributed by atoms with Gasteiger partial charge in [0.1, 0.15) is 6.61 Å². The molecule has 0 radical (unpaired) electrons. The third kappa shape index (κ3) is 3.81. The van der Waals surface area contributed by atoms with Crippen LogP contribution in [-0.2, 0) is 21.0 Å². The molecule has 0 saturated heterocycles. The predicted octanol–water partition coefficient (Wildman–Crippen LogP) is 6.19. The van der Waals surface area contributed by atoms with Crippen molar-refractivity contribution in [3.63, 3.8) is 0 Å². The number of benzene rings is 4. The van der Waals surface area contributed by atoms with Gasteiger partial charge in [-0.25, -0.2) is 0 Å². The van der Waals surface area contributed by atoms with E-state index in [1.165, 1.54) is 32.3 Å². The molecule has 0 saturated carbocycles. The molecular weight excluding hydrogens is 355 g/mol. The lowest BCUT2D eigenvalue weighted by Crippen LogP contribution is -2.24. The second-order valence-electron chi connectivity index (χ2n) is 7.50. The van der Waals surface area contributed by atoms with Gasteiger partial charge in [-0.2, -0.15) is 4.94 Å². The van der Waals surface area contributed by atoms with Crippen LogP contribution in [-0.4, -0.2) is 25.4 Å². The van der Waals surface area contributed by atoms with Gasteiger partial charge in [-0.3, -0.25) is 0 Å². The normalized spacial score (nSPS) is 13.3. The molecule has 4 rings (SSSR count). The summed E-state index contributed by atoms with van der Waals surface area (Å²) >= 11 is 0. The van der Waals surface area contributed by atoms with E-state index in [9.17, 15) is 4.53 Å². The summed E-state index contributed by atoms with van der Waals surface area (Å²) in [5.74, 6) is 0. The van der Waals surface area contributed by atoms with E-state index in [4.69, 9.17) is 9.47 Å². The fraction of sp³-hybridized carbons (Fsp3) is 0.333. The number of ether oxygens (including phenoxy) is 2. The van der Waals surface area contributed by atoms with E-state index in [1.54, 1.807) is 0 Å². The van der Waals surface area contributed by atoms with Crippen LogP contribution in [0.1, 0.15) is 25.8 Å². The zero-order valence-corrected chi connectivity index (χ0v) is 16.3. The lowest BCUT2D eigenvalue weighted by atomic mass is 9.92. The number of hydrogen-bond donors (Lipinski definition) is 0. The minimum Gasteiger partial charge on any atom is -0.377 e. The van der Waals surface area contributed by atoms with Gasteiger partial charge in [0.2, 0.25) is 0 Å². The summed E-state index contributed by atoms with van der Waals surface area (Å²) < 4.78 is 23.8. The van der Waals surface area contributed by atoms with Crippen molar-refractivity contribution in [2.45, 2.75) is 39.1 Å². The van der Waals surface area contributed by atoms with Gasteiger partial charge in [-0.1, -0.05) is 54.6 Å². The highest BCUT2D eigenvalue weighted by molar-refractivity contribution is 6.23. The van der Waals surface area contributed by atoms with Crippen LogP contribution in [0.25, 0.3) is 32.3 Å². The first kappa shape index (κ1) is 19.1. The minimum absolute atomic E-state index is 0.0257. The maximum absolute atomic E-state index is 12.2. The van der Waals surface area contributed by atoms with E-state index in [0.717, 1.165) is 5.56 Å². The molecule has 3 nitrogen and oxygen atoms in total. The fourth-order valence-electron chi connectivity index (χ4n) is 3.96. The highest BCUT2D eigenvalue weighted by Crippen LogP contribution is 2.36. The second-order valence-corrected chi connectivity index (χ2v) is 7.50. The largest absolute Gasteiger partial charge is 0.377 e. The summed E-state index contributed by atoms with van der Waals surface area (Å²) in [4.78, 5) is 3.76. The van der Waals surface area contributed by atoms with E-state index in [1.807, 2.05) is 13.8 Å². The zero-order chi connectivity index (χ0) is 19.5. The quantitative estimate of drug-likeness (QED) is 0.256. The van der Waals surface area contributed by atoms with Crippen LogP contribution in [0.3, 0.4) is 0 Å². The summed E-state index contributed by atoms with van der Waals surface area (Å²) in [6.45, 7) is 4.79. The lowest BCUT2D eigenvalue weighted by molar-refractivity contribution is -0.175. The number of halogens is 1. The van der Waals surface area contributed by atoms with Crippen LogP contribution in [0.4, 0.5) is 4.53 Å². The van der Waals surface area contributed by atoms with Crippen molar-refractivity contribution in [2.24, 2.45) is 0 Å². The molecule has 0 aromatic heterocycles. The molecule has 0 bridgehead atoms. The topological polar surface area (TPSA) is 27.7 Å². The monoisotopic (exact) mass is 380 g/mol. The number of hydrogen-bond acceptors (Lipinski definition) is 3. The van der Waals surface area contributed by atoms with Crippen LogP contribution < -0.4 is 0 Å². The van der Waals surface area contributed by atoms with Gasteiger partial charge >= 0.3 is 0 Å². The Morgan fingerprint density at radius 2 is 1.54 bits per heavy atom. The van der Waals surface area contributed by atoms with Crippen LogP contribution >= 0.6 is 0 Å². The van der Waals surface area contributed by atoms with Gasteiger partial charge in [-0.15, -0.1) is 0 Å². The Hall–Kier alpha value is -2.27. The van der Waals surface area contributed by atoms with Crippen molar-refractivity contribution in [3.8, 4) is 0 Å². The van der Waals surface area contributed by atoms with Gasteiger partial charge < -0.3 is 9.47 Å². The Bertz CT molecular complexity index is 1040. The minimum atomic E-state index is -0.300. The molecule has 4 heteroatoms. The third-order valence-electron chi connectivity index (χ3n) is 5.17. The molecule has 0 aliphatic carbocycles. The van der Waals surface area contributed by atoms with Crippen molar-refractivity contribution in [1.82, 2.24) is 0 Å². The van der Waals surface area contributed by atoms with Crippen molar-refractivity contribution < 1.29 is 18.9 Å². The molecule has 0 spiro atoms. The van der Waals surface area contributed by atoms with E-state index < -0.39 is 0 Å². The second kappa shape index (κ2) is 8.39. The Morgan fingerprint density at radius 3 is 2.25 bits per heavy atom. The maximum Gasteiger partial charge on any atom is 0.114 e. The number of rotatable bonds is 9. The SMILES string of the molecule is CC(C)OC(CCOCc1ccc2ccc3cccc4ccc1c2c34)COF. The van der Waals surface area contributed by atoms with Crippen LogP contribution in [0.5, 0.6) is 0 Å². The van der Waals surface area contributed by atoms with Gasteiger partial charge in [0.15, 0.2) is 0 Å². The fourth-order valence-corrected chi connectivity index (χ4v) is 3.96. The first-order valence-electron chi connectivity index (χ1n) is 9.79. The Kier molecular flexibility index (Phi) is 5.72.